The van der Waals surface area contributed by atoms with E-state index in [4.69, 9.17) is 17.0 Å². The first-order valence-corrected chi connectivity index (χ1v) is 5.61. The van der Waals surface area contributed by atoms with Gasteiger partial charge >= 0.3 is 0 Å². The summed E-state index contributed by atoms with van der Waals surface area (Å²) in [5.41, 5.74) is 3.15. The summed E-state index contributed by atoms with van der Waals surface area (Å²) in [6.07, 6.45) is 2.35. The van der Waals surface area contributed by atoms with Crippen LogP contribution in [-0.2, 0) is 4.74 Å². The molecule has 82 valence electrons. The molecule has 0 aliphatic carbocycles. The fourth-order valence-corrected chi connectivity index (χ4v) is 1.47. The van der Waals surface area contributed by atoms with E-state index < -0.39 is 0 Å². The molecule has 1 aliphatic rings. The summed E-state index contributed by atoms with van der Waals surface area (Å²) in [6.45, 7) is 6.48. The van der Waals surface area contributed by atoms with Crippen LogP contribution in [0.3, 0.4) is 0 Å². The van der Waals surface area contributed by atoms with Gasteiger partial charge in [-0.2, -0.15) is 0 Å². The van der Waals surface area contributed by atoms with Gasteiger partial charge in [0, 0.05) is 19.6 Å². The predicted octanol–water partition coefficient (Wildman–Crippen LogP) is 0.498. The third kappa shape index (κ3) is 4.74. The zero-order valence-electron chi connectivity index (χ0n) is 8.71. The number of nitrogens with one attached hydrogen (secondary N) is 2. The van der Waals surface area contributed by atoms with Crippen molar-refractivity contribution in [3.63, 3.8) is 0 Å². The molecule has 4 nitrogen and oxygen atoms in total. The average Bonchev–Trinajstić information content (AvgIpc) is 2.20. The Bertz CT molecular complexity index is 171. The Morgan fingerprint density at radius 3 is 2.79 bits per heavy atom. The van der Waals surface area contributed by atoms with Crippen LogP contribution in [0, 0.1) is 0 Å². The molecule has 1 aliphatic heterocycles. The van der Waals surface area contributed by atoms with Gasteiger partial charge in [-0.15, -0.1) is 0 Å². The molecule has 0 amide bonds. The number of hydrogen-bond acceptors (Lipinski definition) is 3. The number of hydrazine groups is 1. The number of rotatable bonds is 4. The lowest BCUT2D eigenvalue weighted by molar-refractivity contribution is 0.0247. The molecule has 0 aromatic heterocycles. The van der Waals surface area contributed by atoms with Gasteiger partial charge in [-0.3, -0.25) is 5.43 Å². The van der Waals surface area contributed by atoms with Crippen LogP contribution in [0.5, 0.6) is 0 Å². The molecule has 2 N–H and O–H groups in total. The summed E-state index contributed by atoms with van der Waals surface area (Å²) in [5, 5.41) is 5.98. The molecule has 1 fully saturated rings. The highest BCUT2D eigenvalue weighted by molar-refractivity contribution is 7.80. The van der Waals surface area contributed by atoms with Crippen LogP contribution < -0.4 is 10.7 Å². The van der Waals surface area contributed by atoms with Crippen LogP contribution in [0.1, 0.15) is 19.8 Å². The molecule has 0 atom stereocenters. The van der Waals surface area contributed by atoms with Gasteiger partial charge in [0.25, 0.3) is 0 Å². The standard InChI is InChI=1S/C9H19N3OS/c1-2-3-4-10-9(14)11-12-5-7-13-8-6-12/h2-8H2,1H3,(H2,10,11,14). The molecule has 0 aromatic rings. The summed E-state index contributed by atoms with van der Waals surface area (Å²) in [5.74, 6) is 0. The summed E-state index contributed by atoms with van der Waals surface area (Å²) < 4.78 is 5.23. The van der Waals surface area contributed by atoms with Crippen molar-refractivity contribution in [2.75, 3.05) is 32.8 Å². The molecule has 14 heavy (non-hydrogen) atoms. The lowest BCUT2D eigenvalue weighted by atomic mass is 10.3. The van der Waals surface area contributed by atoms with E-state index in [1.807, 2.05) is 0 Å². The van der Waals surface area contributed by atoms with Crippen LogP contribution in [0.4, 0.5) is 0 Å². The van der Waals surface area contributed by atoms with Crippen molar-refractivity contribution >= 4 is 17.3 Å². The number of thiocarbonyl (C=S) groups is 1. The Balaban J connectivity index is 2.06. The quantitative estimate of drug-likeness (QED) is 0.530. The molecule has 0 bridgehead atoms. The third-order valence-corrected chi connectivity index (χ3v) is 2.32. The van der Waals surface area contributed by atoms with Crippen molar-refractivity contribution in [3.05, 3.63) is 0 Å². The van der Waals surface area contributed by atoms with E-state index in [-0.39, 0.29) is 0 Å². The Hall–Kier alpha value is -0.390. The van der Waals surface area contributed by atoms with Gasteiger partial charge in [-0.25, -0.2) is 5.01 Å². The van der Waals surface area contributed by atoms with E-state index in [0.29, 0.717) is 0 Å². The highest BCUT2D eigenvalue weighted by Gasteiger charge is 2.10. The topological polar surface area (TPSA) is 36.5 Å². The second kappa shape index (κ2) is 6.98. The van der Waals surface area contributed by atoms with E-state index in [1.54, 1.807) is 0 Å². The normalized spacial score (nSPS) is 17.8. The first kappa shape index (κ1) is 11.7. The highest BCUT2D eigenvalue weighted by Crippen LogP contribution is 1.92. The van der Waals surface area contributed by atoms with Gasteiger partial charge < -0.3 is 10.1 Å². The molecule has 1 rings (SSSR count). The maximum absolute atomic E-state index is 5.23. The monoisotopic (exact) mass is 217 g/mol. The second-order valence-corrected chi connectivity index (χ2v) is 3.73. The lowest BCUT2D eigenvalue weighted by Gasteiger charge is -2.28. The number of nitrogens with zero attached hydrogens (tertiary/aromatic N) is 1. The van der Waals surface area contributed by atoms with Crippen molar-refractivity contribution in [2.24, 2.45) is 0 Å². The van der Waals surface area contributed by atoms with Crippen LogP contribution >= 0.6 is 12.2 Å². The predicted molar refractivity (Wildman–Crippen MR) is 61.0 cm³/mol. The van der Waals surface area contributed by atoms with Crippen molar-refractivity contribution in [1.29, 1.82) is 0 Å². The largest absolute Gasteiger partial charge is 0.379 e. The minimum Gasteiger partial charge on any atom is -0.379 e. The van der Waals surface area contributed by atoms with Crippen LogP contribution in [-0.4, -0.2) is 43.0 Å². The molecule has 0 aromatic carbocycles. The third-order valence-electron chi connectivity index (χ3n) is 2.09. The van der Waals surface area contributed by atoms with Crippen molar-refractivity contribution < 1.29 is 4.74 Å². The molecule has 0 saturated carbocycles. The smallest absolute Gasteiger partial charge is 0.181 e. The van der Waals surface area contributed by atoms with Gasteiger partial charge in [-0.05, 0) is 18.6 Å². The second-order valence-electron chi connectivity index (χ2n) is 3.32. The summed E-state index contributed by atoms with van der Waals surface area (Å²) >= 11 is 5.14. The van der Waals surface area contributed by atoms with Gasteiger partial charge in [0.05, 0.1) is 13.2 Å². The van der Waals surface area contributed by atoms with Gasteiger partial charge in [0.2, 0.25) is 0 Å². The van der Waals surface area contributed by atoms with E-state index in [0.717, 1.165) is 44.4 Å². The Morgan fingerprint density at radius 2 is 2.14 bits per heavy atom. The Kier molecular flexibility index (Phi) is 5.82. The minimum absolute atomic E-state index is 0.723. The number of hydrogen-bond donors (Lipinski definition) is 2. The molecular weight excluding hydrogens is 198 g/mol. The fourth-order valence-electron chi connectivity index (χ4n) is 1.24. The van der Waals surface area contributed by atoms with Crippen molar-refractivity contribution in [3.8, 4) is 0 Å². The average molecular weight is 217 g/mol. The number of unbranched alkanes of at least 4 members (excludes halogenated alkanes) is 1. The maximum atomic E-state index is 5.23. The first-order valence-electron chi connectivity index (χ1n) is 5.20. The van der Waals surface area contributed by atoms with Crippen LogP contribution in [0.25, 0.3) is 0 Å². The Labute approximate surface area is 91.0 Å². The molecule has 5 heteroatoms. The zero-order valence-corrected chi connectivity index (χ0v) is 9.53. The van der Waals surface area contributed by atoms with E-state index in [9.17, 15) is 0 Å². The zero-order chi connectivity index (χ0) is 10.2. The van der Waals surface area contributed by atoms with Gasteiger partial charge in [-0.1, -0.05) is 13.3 Å². The highest BCUT2D eigenvalue weighted by atomic mass is 32.1. The van der Waals surface area contributed by atoms with E-state index in [1.165, 1.54) is 6.42 Å². The van der Waals surface area contributed by atoms with Crippen LogP contribution in [0.2, 0.25) is 0 Å². The van der Waals surface area contributed by atoms with Crippen molar-refractivity contribution in [1.82, 2.24) is 15.8 Å². The molecule has 0 spiro atoms. The molecule has 1 heterocycles. The first-order chi connectivity index (χ1) is 6.83. The summed E-state index contributed by atoms with van der Waals surface area (Å²) in [6, 6.07) is 0. The molecular formula is C9H19N3OS. The lowest BCUT2D eigenvalue weighted by Crippen LogP contribution is -2.51. The molecule has 0 radical (unpaired) electrons. The van der Waals surface area contributed by atoms with E-state index in [2.05, 4.69) is 22.7 Å². The van der Waals surface area contributed by atoms with Gasteiger partial charge in [0.1, 0.15) is 0 Å². The minimum atomic E-state index is 0.723. The SMILES string of the molecule is CCCCNC(=S)NN1CCOCC1. The molecule has 1 saturated heterocycles. The van der Waals surface area contributed by atoms with Crippen LogP contribution in [0.15, 0.2) is 0 Å². The maximum Gasteiger partial charge on any atom is 0.181 e. The summed E-state index contributed by atoms with van der Waals surface area (Å²) in [4.78, 5) is 0. The number of ether oxygens (including phenoxy) is 1. The number of morpholine rings is 1. The Morgan fingerprint density at radius 1 is 1.43 bits per heavy atom. The van der Waals surface area contributed by atoms with Crippen molar-refractivity contribution in [2.45, 2.75) is 19.8 Å². The fraction of sp³-hybridized carbons (Fsp3) is 0.889. The summed E-state index contributed by atoms with van der Waals surface area (Å²) in [7, 11) is 0. The van der Waals surface area contributed by atoms with E-state index >= 15 is 0 Å². The van der Waals surface area contributed by atoms with Gasteiger partial charge in [0.15, 0.2) is 5.11 Å². The molecule has 0 unspecified atom stereocenters.